The Bertz CT molecular complexity index is 533. The number of carbonyl (C=O) groups excluding carboxylic acids is 1. The van der Waals surface area contributed by atoms with Crippen molar-refractivity contribution in [1.82, 2.24) is 4.90 Å². The molecular formula is C17H21NO2S. The maximum Gasteiger partial charge on any atom is 0.410 e. The number of likely N-dealkylation sites (tertiary alicyclic amines) is 1. The van der Waals surface area contributed by atoms with Crippen molar-refractivity contribution in [2.45, 2.75) is 20.5 Å². The molecule has 0 aromatic heterocycles. The summed E-state index contributed by atoms with van der Waals surface area (Å²) >= 11 is 1.64. The average Bonchev–Trinajstić information content (AvgIpc) is 2.42. The molecule has 1 heterocycles. The van der Waals surface area contributed by atoms with E-state index in [1.54, 1.807) is 16.7 Å². The molecule has 1 amide bonds. The molecule has 1 aromatic carbocycles. The highest BCUT2D eigenvalue weighted by molar-refractivity contribution is 8.05. The molecule has 0 spiro atoms. The Morgan fingerprint density at radius 2 is 2.05 bits per heavy atom. The number of thioether (sulfide) groups is 1. The lowest BCUT2D eigenvalue weighted by Gasteiger charge is -2.38. The summed E-state index contributed by atoms with van der Waals surface area (Å²) in [5.74, 6) is 0.445. The first kappa shape index (κ1) is 15.7. The van der Waals surface area contributed by atoms with Crippen LogP contribution in [-0.2, 0) is 11.3 Å². The normalized spacial score (nSPS) is 15.5. The van der Waals surface area contributed by atoms with E-state index in [0.717, 1.165) is 23.6 Å². The van der Waals surface area contributed by atoms with E-state index in [1.807, 2.05) is 37.3 Å². The number of carbonyl (C=O) groups is 1. The zero-order valence-corrected chi connectivity index (χ0v) is 13.4. The van der Waals surface area contributed by atoms with Crippen LogP contribution < -0.4 is 0 Å². The third-order valence-electron chi connectivity index (χ3n) is 3.43. The Morgan fingerprint density at radius 3 is 2.67 bits per heavy atom. The minimum absolute atomic E-state index is 0.226. The second kappa shape index (κ2) is 7.36. The highest BCUT2D eigenvalue weighted by Gasteiger charge is 2.32. The van der Waals surface area contributed by atoms with Crippen LogP contribution in [-0.4, -0.2) is 24.1 Å². The first-order valence-electron chi connectivity index (χ1n) is 7.00. The summed E-state index contributed by atoms with van der Waals surface area (Å²) in [5, 5.41) is 2.12. The molecule has 1 saturated heterocycles. The van der Waals surface area contributed by atoms with Crippen molar-refractivity contribution >= 4 is 17.9 Å². The molecule has 2 rings (SSSR count). The number of allylic oxidation sites excluding steroid dienone is 1. The molecule has 0 N–H and O–H groups in total. The van der Waals surface area contributed by atoms with Crippen molar-refractivity contribution in [2.75, 3.05) is 13.1 Å². The van der Waals surface area contributed by atoms with Gasteiger partial charge in [0.1, 0.15) is 6.61 Å². The molecule has 0 bridgehead atoms. The van der Waals surface area contributed by atoms with Gasteiger partial charge in [-0.1, -0.05) is 42.5 Å². The predicted molar refractivity (Wildman–Crippen MR) is 87.9 cm³/mol. The smallest absolute Gasteiger partial charge is 0.410 e. The van der Waals surface area contributed by atoms with Crippen LogP contribution in [0.3, 0.4) is 0 Å². The molecule has 4 heteroatoms. The number of ether oxygens (including phenoxy) is 1. The van der Waals surface area contributed by atoms with Gasteiger partial charge in [-0.2, -0.15) is 0 Å². The lowest BCUT2D eigenvalue weighted by Crippen LogP contribution is -2.50. The van der Waals surface area contributed by atoms with E-state index < -0.39 is 0 Å². The van der Waals surface area contributed by atoms with Crippen LogP contribution in [0, 0.1) is 5.92 Å². The lowest BCUT2D eigenvalue weighted by atomic mass is 9.94. The van der Waals surface area contributed by atoms with Gasteiger partial charge in [0.05, 0.1) is 0 Å². The van der Waals surface area contributed by atoms with Crippen LogP contribution in [0.15, 0.2) is 52.8 Å². The largest absolute Gasteiger partial charge is 0.445 e. The van der Waals surface area contributed by atoms with Crippen LogP contribution >= 0.6 is 11.8 Å². The zero-order chi connectivity index (χ0) is 15.2. The van der Waals surface area contributed by atoms with Crippen molar-refractivity contribution in [1.29, 1.82) is 0 Å². The quantitative estimate of drug-likeness (QED) is 0.806. The van der Waals surface area contributed by atoms with Crippen LogP contribution in [0.4, 0.5) is 4.79 Å². The molecule has 1 aliphatic heterocycles. The van der Waals surface area contributed by atoms with Crippen LogP contribution in [0.2, 0.25) is 0 Å². The van der Waals surface area contributed by atoms with E-state index in [9.17, 15) is 4.79 Å². The van der Waals surface area contributed by atoms with Gasteiger partial charge in [-0.15, -0.1) is 11.8 Å². The van der Waals surface area contributed by atoms with Gasteiger partial charge in [-0.25, -0.2) is 4.79 Å². The van der Waals surface area contributed by atoms with Gasteiger partial charge in [-0.05, 0) is 29.7 Å². The van der Waals surface area contributed by atoms with E-state index in [1.165, 1.54) is 5.57 Å². The second-order valence-corrected chi connectivity index (χ2v) is 6.49. The van der Waals surface area contributed by atoms with Gasteiger partial charge in [0.25, 0.3) is 0 Å². The molecule has 112 valence electrons. The minimum atomic E-state index is -0.226. The first-order valence-corrected chi connectivity index (χ1v) is 7.88. The van der Waals surface area contributed by atoms with Crippen LogP contribution in [0.25, 0.3) is 0 Å². The third kappa shape index (κ3) is 4.67. The SMILES string of the molecule is C=C(C)S/C=C(\C)C1CN(C(=O)OCc2ccccc2)C1. The van der Waals surface area contributed by atoms with Gasteiger partial charge < -0.3 is 9.64 Å². The fourth-order valence-electron chi connectivity index (χ4n) is 2.02. The molecule has 0 unspecified atom stereocenters. The molecule has 1 aliphatic rings. The third-order valence-corrected chi connectivity index (χ3v) is 4.33. The van der Waals surface area contributed by atoms with Gasteiger partial charge in [0.2, 0.25) is 0 Å². The monoisotopic (exact) mass is 303 g/mol. The molecule has 21 heavy (non-hydrogen) atoms. The molecule has 3 nitrogen and oxygen atoms in total. The molecule has 0 radical (unpaired) electrons. The Labute approximate surface area is 130 Å². The highest BCUT2D eigenvalue weighted by atomic mass is 32.2. The molecule has 0 saturated carbocycles. The van der Waals surface area contributed by atoms with E-state index in [-0.39, 0.29) is 6.09 Å². The number of benzene rings is 1. The summed E-state index contributed by atoms with van der Waals surface area (Å²) in [6.45, 7) is 9.77. The van der Waals surface area contributed by atoms with Crippen molar-refractivity contribution in [2.24, 2.45) is 5.92 Å². The topological polar surface area (TPSA) is 29.5 Å². The summed E-state index contributed by atoms with van der Waals surface area (Å²) in [7, 11) is 0. The number of rotatable bonds is 5. The number of hydrogen-bond donors (Lipinski definition) is 0. The van der Waals surface area contributed by atoms with E-state index in [4.69, 9.17) is 4.74 Å². The molecule has 0 atom stereocenters. The molecule has 1 aromatic rings. The van der Waals surface area contributed by atoms with Gasteiger partial charge in [0.15, 0.2) is 0 Å². The summed E-state index contributed by atoms with van der Waals surface area (Å²) in [5.41, 5.74) is 2.31. The Balaban J connectivity index is 1.72. The van der Waals surface area contributed by atoms with Crippen molar-refractivity contribution < 1.29 is 9.53 Å². The molecule has 0 aliphatic carbocycles. The Hall–Kier alpha value is -1.68. The maximum atomic E-state index is 11.9. The Kier molecular flexibility index (Phi) is 5.51. The predicted octanol–water partition coefficient (Wildman–Crippen LogP) is 4.43. The summed E-state index contributed by atoms with van der Waals surface area (Å²) in [6, 6.07) is 9.73. The standard InChI is InChI=1S/C17H21NO2S/c1-13(2)21-12-14(3)16-9-18(10-16)17(19)20-11-15-7-5-4-6-8-15/h4-8,12,16H,1,9-11H2,2-3H3/b14-12+. The second-order valence-electron chi connectivity index (χ2n) is 5.32. The van der Waals surface area contributed by atoms with Crippen molar-refractivity contribution in [3.05, 3.63) is 58.4 Å². The van der Waals surface area contributed by atoms with Crippen LogP contribution in [0.5, 0.6) is 0 Å². The Morgan fingerprint density at radius 1 is 1.38 bits per heavy atom. The summed E-state index contributed by atoms with van der Waals surface area (Å²) in [4.78, 5) is 14.7. The van der Waals surface area contributed by atoms with Gasteiger partial charge in [0, 0.05) is 19.0 Å². The first-order chi connectivity index (χ1) is 10.1. The fraction of sp³-hybridized carbons (Fsp3) is 0.353. The van der Waals surface area contributed by atoms with E-state index in [0.29, 0.717) is 12.5 Å². The van der Waals surface area contributed by atoms with E-state index >= 15 is 0 Å². The number of amides is 1. The van der Waals surface area contributed by atoms with Crippen LogP contribution in [0.1, 0.15) is 19.4 Å². The fourth-order valence-corrected chi connectivity index (χ4v) is 2.60. The summed E-state index contributed by atoms with van der Waals surface area (Å²) in [6.07, 6.45) is -0.226. The number of nitrogens with zero attached hydrogens (tertiary/aromatic N) is 1. The zero-order valence-electron chi connectivity index (χ0n) is 12.5. The molecular weight excluding hydrogens is 282 g/mol. The lowest BCUT2D eigenvalue weighted by molar-refractivity contribution is 0.0582. The van der Waals surface area contributed by atoms with Crippen molar-refractivity contribution in [3.8, 4) is 0 Å². The summed E-state index contributed by atoms with van der Waals surface area (Å²) < 4.78 is 5.31. The molecule has 1 fully saturated rings. The minimum Gasteiger partial charge on any atom is -0.445 e. The maximum absolute atomic E-state index is 11.9. The average molecular weight is 303 g/mol. The van der Waals surface area contributed by atoms with Gasteiger partial charge in [-0.3, -0.25) is 0 Å². The van der Waals surface area contributed by atoms with Gasteiger partial charge >= 0.3 is 6.09 Å². The number of hydrogen-bond acceptors (Lipinski definition) is 3. The highest BCUT2D eigenvalue weighted by Crippen LogP contribution is 2.27. The van der Waals surface area contributed by atoms with Crippen molar-refractivity contribution in [3.63, 3.8) is 0 Å². The van der Waals surface area contributed by atoms with E-state index in [2.05, 4.69) is 18.9 Å².